The van der Waals surface area contributed by atoms with E-state index in [1.807, 2.05) is 42.6 Å². The van der Waals surface area contributed by atoms with Crippen LogP contribution < -0.4 is 4.74 Å². The molecule has 2 aliphatic carbocycles. The van der Waals surface area contributed by atoms with Gasteiger partial charge in [0.25, 0.3) is 0 Å². The Morgan fingerprint density at radius 1 is 1.13 bits per heavy atom. The van der Waals surface area contributed by atoms with Crippen LogP contribution in [-0.4, -0.2) is 60.3 Å². The molecule has 0 N–H and O–H groups in total. The molecule has 12 heteroatoms. The molecule has 242 valence electrons. The Morgan fingerprint density at radius 3 is 2.67 bits per heavy atom. The maximum absolute atomic E-state index is 14.7. The van der Waals surface area contributed by atoms with Gasteiger partial charge in [-0.05, 0) is 81.0 Å². The minimum absolute atomic E-state index is 0.111. The van der Waals surface area contributed by atoms with Gasteiger partial charge in [-0.15, -0.1) is 11.3 Å². The summed E-state index contributed by atoms with van der Waals surface area (Å²) >= 11 is 8.05. The third-order valence-corrected chi connectivity index (χ3v) is 13.1. The summed E-state index contributed by atoms with van der Waals surface area (Å²) < 4.78 is 52.1. The summed E-state index contributed by atoms with van der Waals surface area (Å²) in [5, 5.41) is 1.98. The fourth-order valence-electron chi connectivity index (χ4n) is 6.54. The number of ether oxygens (including phenoxy) is 4. The molecule has 3 unspecified atom stereocenters. The third kappa shape index (κ3) is 5.50. The molecule has 1 aliphatic heterocycles. The maximum atomic E-state index is 14.7. The number of rotatable bonds is 11. The molecule has 0 bridgehead atoms. The van der Waals surface area contributed by atoms with Crippen LogP contribution in [0.1, 0.15) is 55.5 Å². The van der Waals surface area contributed by atoms with Gasteiger partial charge in [-0.25, -0.2) is 22.4 Å². The Morgan fingerprint density at radius 2 is 1.96 bits per heavy atom. The van der Waals surface area contributed by atoms with Crippen LogP contribution >= 0.6 is 22.9 Å². The van der Waals surface area contributed by atoms with E-state index >= 15 is 0 Å². The van der Waals surface area contributed by atoms with Crippen molar-refractivity contribution in [2.45, 2.75) is 61.4 Å². The summed E-state index contributed by atoms with van der Waals surface area (Å²) in [6.45, 7) is 3.18. The van der Waals surface area contributed by atoms with Crippen molar-refractivity contribution < 1.29 is 27.4 Å². The van der Waals surface area contributed by atoms with Gasteiger partial charge in [-0.3, -0.25) is 0 Å². The SMILES string of the molecule is COCOC1(c2ncc(-c3ccnc4c3ccn4S(=O)(=O)C3(C)C=C(Cl)C=CC3c3ccc(OCC4CCCO4)cc3)s2)CCC1. The van der Waals surface area contributed by atoms with E-state index in [1.165, 1.54) is 3.97 Å². The lowest BCUT2D eigenvalue weighted by Crippen LogP contribution is -2.43. The Hall–Kier alpha value is -3.06. The number of allylic oxidation sites excluding steroid dienone is 3. The minimum Gasteiger partial charge on any atom is -0.491 e. The normalized spacial score (nSPS) is 24.2. The highest BCUT2D eigenvalue weighted by atomic mass is 35.5. The van der Waals surface area contributed by atoms with Crippen molar-refractivity contribution in [2.24, 2.45) is 0 Å². The van der Waals surface area contributed by atoms with Crippen molar-refractivity contribution in [3.63, 3.8) is 0 Å². The van der Waals surface area contributed by atoms with Crippen LogP contribution in [0.4, 0.5) is 0 Å². The topological polar surface area (TPSA) is 102 Å². The number of halogens is 1. The second-order valence-corrected chi connectivity index (χ2v) is 15.9. The molecule has 1 saturated carbocycles. The highest BCUT2D eigenvalue weighted by Gasteiger charge is 2.47. The number of thiazole rings is 1. The van der Waals surface area contributed by atoms with Crippen LogP contribution in [0.15, 0.2) is 78.2 Å². The predicted octanol–water partition coefficient (Wildman–Crippen LogP) is 7.13. The van der Waals surface area contributed by atoms with Crippen molar-refractivity contribution in [1.29, 1.82) is 0 Å². The van der Waals surface area contributed by atoms with Crippen LogP contribution in [0.5, 0.6) is 5.75 Å². The fourth-order valence-corrected chi connectivity index (χ4v) is 9.89. The van der Waals surface area contributed by atoms with Gasteiger partial charge < -0.3 is 18.9 Å². The third-order valence-electron chi connectivity index (χ3n) is 9.33. The van der Waals surface area contributed by atoms with E-state index in [9.17, 15) is 8.42 Å². The highest BCUT2D eigenvalue weighted by Crippen LogP contribution is 2.48. The van der Waals surface area contributed by atoms with Gasteiger partial charge in [-0.2, -0.15) is 0 Å². The summed E-state index contributed by atoms with van der Waals surface area (Å²) in [6, 6.07) is 11.3. The average Bonchev–Trinajstić information content (AvgIpc) is 3.82. The lowest BCUT2D eigenvalue weighted by atomic mass is 9.80. The Bertz CT molecular complexity index is 1890. The predicted molar refractivity (Wildman–Crippen MR) is 179 cm³/mol. The quantitative estimate of drug-likeness (QED) is 0.154. The zero-order valence-corrected chi connectivity index (χ0v) is 28.1. The van der Waals surface area contributed by atoms with Crippen LogP contribution in [-0.2, 0) is 29.8 Å². The van der Waals surface area contributed by atoms with E-state index in [4.69, 9.17) is 35.5 Å². The van der Waals surface area contributed by atoms with Gasteiger partial charge in [0, 0.05) is 54.2 Å². The molecule has 7 rings (SSSR count). The van der Waals surface area contributed by atoms with Gasteiger partial charge in [-0.1, -0.05) is 29.8 Å². The minimum atomic E-state index is -4.08. The zero-order valence-electron chi connectivity index (χ0n) is 25.7. The van der Waals surface area contributed by atoms with E-state index in [0.717, 1.165) is 65.1 Å². The molecule has 46 heavy (non-hydrogen) atoms. The molecule has 3 atom stereocenters. The number of methoxy groups -OCH3 is 1. The van der Waals surface area contributed by atoms with Crippen LogP contribution in [0.25, 0.3) is 21.5 Å². The standard InChI is InChI=1S/C34H36ClN3O6S2/c1-33(19-24(35)8-11-29(33)23-6-9-25(10-7-23)43-21-26-5-3-18-42-26)46(39,40)38-17-13-28-27(12-16-36-31(28)38)30-20-37-32(45-30)34(14-4-15-34)44-22-41-2/h6-13,16-17,19-20,26,29H,3-5,14-15,18,21-22H2,1-2H3. The van der Waals surface area contributed by atoms with E-state index < -0.39 is 26.3 Å². The number of pyridine rings is 1. The Labute approximate surface area is 277 Å². The van der Waals surface area contributed by atoms with Crippen molar-refractivity contribution in [3.05, 3.63) is 88.8 Å². The molecule has 9 nitrogen and oxygen atoms in total. The van der Waals surface area contributed by atoms with Gasteiger partial charge in [0.1, 0.15) is 34.5 Å². The number of benzene rings is 1. The highest BCUT2D eigenvalue weighted by molar-refractivity contribution is 7.91. The maximum Gasteiger partial charge on any atom is 0.250 e. The van der Waals surface area contributed by atoms with Gasteiger partial charge in [0.05, 0.1) is 11.0 Å². The van der Waals surface area contributed by atoms with E-state index in [-0.39, 0.29) is 12.9 Å². The summed E-state index contributed by atoms with van der Waals surface area (Å²) in [4.78, 5) is 10.2. The van der Waals surface area contributed by atoms with Crippen molar-refractivity contribution in [2.75, 3.05) is 27.1 Å². The van der Waals surface area contributed by atoms with Gasteiger partial charge in [0.15, 0.2) is 5.65 Å². The molecular formula is C34H36ClN3O6S2. The van der Waals surface area contributed by atoms with Crippen LogP contribution in [0.2, 0.25) is 0 Å². The number of nitrogens with zero attached hydrogens (tertiary/aromatic N) is 3. The Kier molecular flexibility index (Phi) is 8.58. The molecule has 1 saturated heterocycles. The van der Waals surface area contributed by atoms with Gasteiger partial charge >= 0.3 is 0 Å². The monoisotopic (exact) mass is 681 g/mol. The van der Waals surface area contributed by atoms with Crippen molar-refractivity contribution in [1.82, 2.24) is 13.9 Å². The fraction of sp³-hybridized carbons (Fsp3) is 0.412. The first-order valence-electron chi connectivity index (χ1n) is 15.5. The summed E-state index contributed by atoms with van der Waals surface area (Å²) in [5.74, 6) is 0.202. The number of hydrogen-bond donors (Lipinski definition) is 0. The number of aromatic nitrogens is 3. The van der Waals surface area contributed by atoms with Crippen molar-refractivity contribution in [3.8, 4) is 16.2 Å². The molecule has 0 amide bonds. The van der Waals surface area contributed by atoms with Crippen LogP contribution in [0, 0.1) is 0 Å². The summed E-state index contributed by atoms with van der Waals surface area (Å²) in [5.41, 5.74) is 1.61. The Balaban J connectivity index is 1.20. The summed E-state index contributed by atoms with van der Waals surface area (Å²) in [7, 11) is -2.47. The first-order valence-corrected chi connectivity index (χ1v) is 18.1. The molecule has 0 radical (unpaired) electrons. The summed E-state index contributed by atoms with van der Waals surface area (Å²) in [6.07, 6.45) is 15.3. The lowest BCUT2D eigenvalue weighted by Gasteiger charge is -2.39. The van der Waals surface area contributed by atoms with Crippen molar-refractivity contribution >= 4 is 44.0 Å². The second kappa shape index (κ2) is 12.5. The van der Waals surface area contributed by atoms with Crippen LogP contribution in [0.3, 0.4) is 0 Å². The second-order valence-electron chi connectivity index (χ2n) is 12.2. The van der Waals surface area contributed by atoms with E-state index in [2.05, 4.69) is 4.98 Å². The first kappa shape index (κ1) is 31.5. The smallest absolute Gasteiger partial charge is 0.250 e. The van der Waals surface area contributed by atoms with Gasteiger partial charge in [0.2, 0.25) is 10.0 Å². The largest absolute Gasteiger partial charge is 0.491 e. The molecule has 3 aromatic heterocycles. The van der Waals surface area contributed by atoms with E-state index in [1.54, 1.807) is 56.0 Å². The molecule has 4 heterocycles. The first-order chi connectivity index (χ1) is 22.2. The number of hydrogen-bond acceptors (Lipinski definition) is 9. The molecule has 3 aliphatic rings. The molecular weight excluding hydrogens is 646 g/mol. The lowest BCUT2D eigenvalue weighted by molar-refractivity contribution is -0.171. The molecule has 4 aromatic rings. The van der Waals surface area contributed by atoms with E-state index in [0.29, 0.717) is 23.0 Å². The molecule has 2 fully saturated rings. The average molecular weight is 682 g/mol. The zero-order chi connectivity index (χ0) is 31.9. The molecule has 0 spiro atoms. The number of fused-ring (bicyclic) bond motifs is 1. The molecule has 1 aromatic carbocycles.